The van der Waals surface area contributed by atoms with Crippen LogP contribution < -0.4 is 0 Å². The Balaban J connectivity index is 3.28. The molecule has 0 fully saturated rings. The molecule has 0 aliphatic carbocycles. The maximum atomic E-state index is 10.1. The van der Waals surface area contributed by atoms with Crippen LogP contribution in [-0.4, -0.2) is 17.6 Å². The fourth-order valence-electron chi connectivity index (χ4n) is 1.52. The zero-order valence-electron chi connectivity index (χ0n) is 10.6. The molecule has 90 valence electrons. The van der Waals surface area contributed by atoms with Crippen LogP contribution in [0.5, 0.6) is 5.75 Å². The van der Waals surface area contributed by atoms with Gasteiger partial charge in [0.2, 0.25) is 0 Å². The molecule has 1 aromatic rings. The van der Waals surface area contributed by atoms with Crippen molar-refractivity contribution in [3.8, 4) is 5.75 Å². The first-order chi connectivity index (χ1) is 7.40. The van der Waals surface area contributed by atoms with Crippen molar-refractivity contribution in [2.75, 3.05) is 12.5 Å². The average Bonchev–Trinajstić information content (AvgIpc) is 2.19. The van der Waals surface area contributed by atoms with Gasteiger partial charge < -0.3 is 5.11 Å². The van der Waals surface area contributed by atoms with Crippen LogP contribution >= 0.6 is 23.5 Å². The van der Waals surface area contributed by atoms with Crippen molar-refractivity contribution in [3.05, 3.63) is 23.3 Å². The Hall–Kier alpha value is -0.280. The first kappa shape index (κ1) is 13.8. The number of benzene rings is 1. The highest BCUT2D eigenvalue weighted by atomic mass is 32.2. The number of hydrogen-bond donors (Lipinski definition) is 1. The molecule has 0 aliphatic rings. The number of phenolic OH excluding ortho intramolecular Hbond substituents is 1. The second-order valence-corrected chi connectivity index (χ2v) is 6.58. The van der Waals surface area contributed by atoms with E-state index in [1.807, 2.05) is 6.26 Å². The third kappa shape index (κ3) is 3.11. The highest BCUT2D eigenvalue weighted by Gasteiger charge is 2.18. The van der Waals surface area contributed by atoms with Gasteiger partial charge in [-0.05, 0) is 29.6 Å². The van der Waals surface area contributed by atoms with Crippen LogP contribution in [0.25, 0.3) is 0 Å². The molecular formula is C13H20OS2. The minimum Gasteiger partial charge on any atom is -0.506 e. The molecule has 16 heavy (non-hydrogen) atoms. The van der Waals surface area contributed by atoms with Gasteiger partial charge in [-0.3, -0.25) is 0 Å². The number of rotatable bonds is 3. The van der Waals surface area contributed by atoms with E-state index in [0.717, 1.165) is 16.2 Å². The lowest BCUT2D eigenvalue weighted by Crippen LogP contribution is -2.11. The lowest BCUT2D eigenvalue weighted by atomic mass is 9.86. The molecule has 0 bridgehead atoms. The lowest BCUT2D eigenvalue weighted by molar-refractivity contribution is 0.455. The molecule has 0 saturated heterocycles. The first-order valence-electron chi connectivity index (χ1n) is 5.29. The Bertz CT molecular complexity index is 367. The van der Waals surface area contributed by atoms with E-state index in [1.54, 1.807) is 23.5 Å². The predicted molar refractivity (Wildman–Crippen MR) is 75.8 cm³/mol. The van der Waals surface area contributed by atoms with Crippen molar-refractivity contribution in [2.24, 2.45) is 0 Å². The van der Waals surface area contributed by atoms with Crippen molar-refractivity contribution >= 4 is 23.5 Å². The molecule has 0 saturated carbocycles. The van der Waals surface area contributed by atoms with E-state index in [4.69, 9.17) is 0 Å². The summed E-state index contributed by atoms with van der Waals surface area (Å²) in [5.41, 5.74) is 2.47. The summed E-state index contributed by atoms with van der Waals surface area (Å²) in [5.74, 6) is 1.32. The molecule has 1 aromatic carbocycles. The fourth-order valence-corrected chi connectivity index (χ4v) is 2.62. The monoisotopic (exact) mass is 256 g/mol. The Kier molecular flexibility index (Phi) is 4.62. The number of aromatic hydroxyl groups is 1. The topological polar surface area (TPSA) is 20.2 Å². The highest BCUT2D eigenvalue weighted by molar-refractivity contribution is 7.98. The Labute approximate surface area is 107 Å². The summed E-state index contributed by atoms with van der Waals surface area (Å²) in [6.45, 7) is 6.60. The van der Waals surface area contributed by atoms with Crippen LogP contribution in [0.1, 0.15) is 31.9 Å². The van der Waals surface area contributed by atoms with Crippen molar-refractivity contribution < 1.29 is 5.11 Å². The average molecular weight is 256 g/mol. The van der Waals surface area contributed by atoms with Crippen LogP contribution in [0.3, 0.4) is 0 Å². The van der Waals surface area contributed by atoms with Gasteiger partial charge in [0.1, 0.15) is 5.75 Å². The third-order valence-electron chi connectivity index (χ3n) is 2.54. The Morgan fingerprint density at radius 3 is 2.25 bits per heavy atom. The summed E-state index contributed by atoms with van der Waals surface area (Å²) in [7, 11) is 0. The van der Waals surface area contributed by atoms with E-state index >= 15 is 0 Å². The number of thioether (sulfide) groups is 2. The fraction of sp³-hybridized carbons (Fsp3) is 0.538. The summed E-state index contributed by atoms with van der Waals surface area (Å²) < 4.78 is 0. The highest BCUT2D eigenvalue weighted by Crippen LogP contribution is 2.36. The van der Waals surface area contributed by atoms with Gasteiger partial charge in [0.25, 0.3) is 0 Å². The molecule has 1 rings (SSSR count). The largest absolute Gasteiger partial charge is 0.506 e. The Morgan fingerprint density at radius 2 is 1.81 bits per heavy atom. The van der Waals surface area contributed by atoms with E-state index in [0.29, 0.717) is 5.75 Å². The maximum Gasteiger partial charge on any atom is 0.133 e. The van der Waals surface area contributed by atoms with Gasteiger partial charge in [-0.25, -0.2) is 0 Å². The molecule has 0 unspecified atom stereocenters. The van der Waals surface area contributed by atoms with Crippen molar-refractivity contribution in [2.45, 2.75) is 36.8 Å². The van der Waals surface area contributed by atoms with Gasteiger partial charge >= 0.3 is 0 Å². The third-order valence-corrected chi connectivity index (χ3v) is 3.89. The summed E-state index contributed by atoms with van der Waals surface area (Å²) in [4.78, 5) is 0.983. The predicted octanol–water partition coefficient (Wildman–Crippen LogP) is 4.27. The second kappa shape index (κ2) is 5.37. The summed E-state index contributed by atoms with van der Waals surface area (Å²) in [6, 6.07) is 4.23. The van der Waals surface area contributed by atoms with Gasteiger partial charge in [-0.1, -0.05) is 26.8 Å². The molecule has 1 nitrogen and oxygen atoms in total. The first-order valence-corrected chi connectivity index (χ1v) is 7.91. The van der Waals surface area contributed by atoms with Gasteiger partial charge in [0.15, 0.2) is 0 Å². The minimum absolute atomic E-state index is 0.130. The van der Waals surface area contributed by atoms with Gasteiger partial charge in [0, 0.05) is 16.2 Å². The van der Waals surface area contributed by atoms with E-state index in [1.165, 1.54) is 5.56 Å². The van der Waals surface area contributed by atoms with Crippen LogP contribution in [0.15, 0.2) is 17.0 Å². The van der Waals surface area contributed by atoms with Crippen LogP contribution in [0, 0.1) is 0 Å². The summed E-state index contributed by atoms with van der Waals surface area (Å²) >= 11 is 3.34. The molecular weight excluding hydrogens is 236 g/mol. The molecule has 0 amide bonds. The van der Waals surface area contributed by atoms with Crippen molar-refractivity contribution in [1.82, 2.24) is 0 Å². The lowest BCUT2D eigenvalue weighted by Gasteiger charge is -2.22. The van der Waals surface area contributed by atoms with Gasteiger partial charge in [-0.15, -0.1) is 11.8 Å². The molecule has 0 heterocycles. The molecule has 0 spiro atoms. The molecule has 0 atom stereocenters. The smallest absolute Gasteiger partial charge is 0.133 e. The standard InChI is InChI=1S/C13H20OS2/c1-13(2,3)10-6-9(8-15-4)12(14)11(7-10)16-5/h6-7,14H,8H2,1-5H3. The molecule has 0 aliphatic heterocycles. The van der Waals surface area contributed by atoms with Crippen LogP contribution in [0.2, 0.25) is 0 Å². The zero-order chi connectivity index (χ0) is 12.3. The number of hydrogen-bond acceptors (Lipinski definition) is 3. The van der Waals surface area contributed by atoms with Gasteiger partial charge in [0.05, 0.1) is 0 Å². The van der Waals surface area contributed by atoms with Gasteiger partial charge in [-0.2, -0.15) is 11.8 Å². The molecule has 0 radical (unpaired) electrons. The Morgan fingerprint density at radius 1 is 1.19 bits per heavy atom. The van der Waals surface area contributed by atoms with Crippen LogP contribution in [0.4, 0.5) is 0 Å². The molecule has 3 heteroatoms. The quantitative estimate of drug-likeness (QED) is 0.815. The second-order valence-electron chi connectivity index (χ2n) is 4.87. The van der Waals surface area contributed by atoms with E-state index in [9.17, 15) is 5.11 Å². The van der Waals surface area contributed by atoms with Crippen molar-refractivity contribution in [3.63, 3.8) is 0 Å². The molecule has 1 N–H and O–H groups in total. The van der Waals surface area contributed by atoms with E-state index in [2.05, 4.69) is 39.2 Å². The maximum absolute atomic E-state index is 10.1. The van der Waals surface area contributed by atoms with E-state index < -0.39 is 0 Å². The van der Waals surface area contributed by atoms with Crippen LogP contribution in [-0.2, 0) is 11.2 Å². The molecule has 0 aromatic heterocycles. The summed E-state index contributed by atoms with van der Waals surface area (Å²) in [5, 5.41) is 10.1. The minimum atomic E-state index is 0.130. The number of phenols is 1. The van der Waals surface area contributed by atoms with E-state index in [-0.39, 0.29) is 5.41 Å². The summed E-state index contributed by atoms with van der Waals surface area (Å²) in [6.07, 6.45) is 4.06. The normalized spacial score (nSPS) is 11.8. The SMILES string of the molecule is CSCc1cc(C(C)(C)C)cc(SC)c1O. The zero-order valence-corrected chi connectivity index (χ0v) is 12.3. The van der Waals surface area contributed by atoms with Crippen molar-refractivity contribution in [1.29, 1.82) is 0 Å².